The monoisotopic (exact) mass is 253 g/mol. The van der Waals surface area contributed by atoms with Crippen molar-refractivity contribution in [3.63, 3.8) is 0 Å². The number of hydrogen-bond donors (Lipinski definition) is 1. The van der Waals surface area contributed by atoms with Gasteiger partial charge in [0.15, 0.2) is 0 Å². The zero-order chi connectivity index (χ0) is 14.1. The Morgan fingerprint density at radius 1 is 1.37 bits per heavy atom. The van der Waals surface area contributed by atoms with Crippen LogP contribution >= 0.6 is 0 Å². The lowest BCUT2D eigenvalue weighted by molar-refractivity contribution is 0.0962. The fraction of sp³-hybridized carbons (Fsp3) is 0.133. The van der Waals surface area contributed by atoms with Gasteiger partial charge in [-0.3, -0.25) is 4.79 Å². The maximum Gasteiger partial charge on any atom is 0.274 e. The van der Waals surface area contributed by atoms with Gasteiger partial charge in [0.1, 0.15) is 11.8 Å². The van der Waals surface area contributed by atoms with Crippen LogP contribution in [-0.4, -0.2) is 10.9 Å². The van der Waals surface area contributed by atoms with E-state index in [0.717, 1.165) is 0 Å². The van der Waals surface area contributed by atoms with Crippen LogP contribution < -0.4 is 5.32 Å². The van der Waals surface area contributed by atoms with E-state index in [1.807, 2.05) is 38.1 Å². The van der Waals surface area contributed by atoms with E-state index in [0.29, 0.717) is 11.3 Å². The molecule has 4 heteroatoms. The van der Waals surface area contributed by atoms with E-state index in [4.69, 9.17) is 5.26 Å². The molecule has 0 aliphatic heterocycles. The summed E-state index contributed by atoms with van der Waals surface area (Å²) in [5, 5.41) is 11.4. The molecule has 96 valence electrons. The number of amides is 1. The van der Waals surface area contributed by atoms with Gasteiger partial charge in [0.05, 0.1) is 5.56 Å². The zero-order valence-electron chi connectivity index (χ0n) is 10.9. The maximum atomic E-state index is 11.9. The van der Waals surface area contributed by atoms with E-state index in [-0.39, 0.29) is 11.6 Å². The molecular formula is C15H15N3O. The minimum Gasteiger partial charge on any atom is -0.321 e. The van der Waals surface area contributed by atoms with Crippen LogP contribution in [0.2, 0.25) is 0 Å². The Labute approximate surface area is 112 Å². The highest BCUT2D eigenvalue weighted by atomic mass is 16.1. The number of nitrogens with zero attached hydrogens (tertiary/aromatic N) is 2. The van der Waals surface area contributed by atoms with E-state index in [2.05, 4.69) is 10.3 Å². The predicted octanol–water partition coefficient (Wildman–Crippen LogP) is 2.72. The van der Waals surface area contributed by atoms with Gasteiger partial charge in [-0.05, 0) is 38.1 Å². The molecular weight excluding hydrogens is 238 g/mol. The highest BCUT2D eigenvalue weighted by Gasteiger charge is 2.07. The number of allylic oxidation sites excluding steroid dienone is 5. The van der Waals surface area contributed by atoms with Crippen LogP contribution in [0.15, 0.2) is 54.4 Å². The fourth-order valence-electron chi connectivity index (χ4n) is 1.31. The second-order valence-electron chi connectivity index (χ2n) is 3.65. The largest absolute Gasteiger partial charge is 0.321 e. The molecule has 0 aromatic carbocycles. The average molecular weight is 253 g/mol. The molecule has 0 aliphatic rings. The van der Waals surface area contributed by atoms with Crippen molar-refractivity contribution in [3.8, 4) is 6.07 Å². The molecule has 0 spiro atoms. The van der Waals surface area contributed by atoms with Gasteiger partial charge in [-0.15, -0.1) is 0 Å². The summed E-state index contributed by atoms with van der Waals surface area (Å²) in [6, 6.07) is 5.04. The number of hydrogen-bond acceptors (Lipinski definition) is 3. The topological polar surface area (TPSA) is 65.8 Å². The van der Waals surface area contributed by atoms with Crippen molar-refractivity contribution in [3.05, 3.63) is 65.7 Å². The second-order valence-corrected chi connectivity index (χ2v) is 3.65. The fourth-order valence-corrected chi connectivity index (χ4v) is 1.31. The zero-order valence-corrected chi connectivity index (χ0v) is 10.9. The summed E-state index contributed by atoms with van der Waals surface area (Å²) in [7, 11) is 0. The third-order valence-electron chi connectivity index (χ3n) is 2.20. The lowest BCUT2D eigenvalue weighted by Gasteiger charge is -2.04. The van der Waals surface area contributed by atoms with Gasteiger partial charge in [0, 0.05) is 11.9 Å². The number of carbonyl (C=O) groups is 1. The van der Waals surface area contributed by atoms with Crippen molar-refractivity contribution < 1.29 is 4.79 Å². The molecule has 0 bridgehead atoms. The summed E-state index contributed by atoms with van der Waals surface area (Å²) >= 11 is 0. The number of pyridine rings is 1. The van der Waals surface area contributed by atoms with Gasteiger partial charge < -0.3 is 5.32 Å². The number of nitriles is 1. The van der Waals surface area contributed by atoms with E-state index in [1.54, 1.807) is 18.2 Å². The van der Waals surface area contributed by atoms with Crippen LogP contribution in [0.5, 0.6) is 0 Å². The summed E-state index contributed by atoms with van der Waals surface area (Å²) in [4.78, 5) is 15.9. The molecule has 1 N–H and O–H groups in total. The quantitative estimate of drug-likeness (QED) is 0.839. The molecule has 0 atom stereocenters. The van der Waals surface area contributed by atoms with Crippen molar-refractivity contribution in [2.75, 3.05) is 0 Å². The van der Waals surface area contributed by atoms with Gasteiger partial charge in [0.2, 0.25) is 0 Å². The molecule has 1 amide bonds. The maximum absolute atomic E-state index is 11.9. The summed E-state index contributed by atoms with van der Waals surface area (Å²) < 4.78 is 0. The van der Waals surface area contributed by atoms with Crippen LogP contribution in [0.1, 0.15) is 29.9 Å². The van der Waals surface area contributed by atoms with Crippen LogP contribution in [0.25, 0.3) is 0 Å². The van der Waals surface area contributed by atoms with Crippen LogP contribution in [0.4, 0.5) is 0 Å². The van der Waals surface area contributed by atoms with E-state index >= 15 is 0 Å². The van der Waals surface area contributed by atoms with E-state index in [9.17, 15) is 4.79 Å². The van der Waals surface area contributed by atoms with Gasteiger partial charge in [-0.2, -0.15) is 5.26 Å². The first-order valence-corrected chi connectivity index (χ1v) is 5.84. The molecule has 0 fully saturated rings. The summed E-state index contributed by atoms with van der Waals surface area (Å²) in [6.07, 6.45) is 10.5. The van der Waals surface area contributed by atoms with Crippen LogP contribution in [0.3, 0.4) is 0 Å². The summed E-state index contributed by atoms with van der Waals surface area (Å²) in [5.74, 6) is -0.307. The van der Waals surface area contributed by atoms with Crippen molar-refractivity contribution in [2.45, 2.75) is 13.8 Å². The van der Waals surface area contributed by atoms with E-state index in [1.165, 1.54) is 12.3 Å². The Morgan fingerprint density at radius 3 is 2.68 bits per heavy atom. The van der Waals surface area contributed by atoms with Gasteiger partial charge in [-0.25, -0.2) is 4.98 Å². The first-order valence-electron chi connectivity index (χ1n) is 5.84. The Balaban J connectivity index is 2.84. The Hall–Kier alpha value is -2.67. The smallest absolute Gasteiger partial charge is 0.274 e. The van der Waals surface area contributed by atoms with Crippen molar-refractivity contribution in [1.29, 1.82) is 5.26 Å². The molecule has 0 radical (unpaired) electrons. The third kappa shape index (κ3) is 4.60. The number of aromatic nitrogens is 1. The number of nitrogens with one attached hydrogen (secondary N) is 1. The Kier molecular flexibility index (Phi) is 5.77. The molecule has 1 rings (SSSR count). The normalized spacial score (nSPS) is 11.7. The van der Waals surface area contributed by atoms with Gasteiger partial charge in [0.25, 0.3) is 5.91 Å². The Morgan fingerprint density at radius 2 is 2.16 bits per heavy atom. The summed E-state index contributed by atoms with van der Waals surface area (Å²) in [6.45, 7) is 3.77. The minimum absolute atomic E-state index is 0.273. The molecule has 1 aromatic heterocycles. The first-order chi connectivity index (χ1) is 9.21. The molecule has 4 nitrogen and oxygen atoms in total. The van der Waals surface area contributed by atoms with Crippen molar-refractivity contribution >= 4 is 5.91 Å². The second kappa shape index (κ2) is 7.62. The summed E-state index contributed by atoms with van der Waals surface area (Å²) in [5.41, 5.74) is 1.38. The molecule has 0 unspecified atom stereocenters. The van der Waals surface area contributed by atoms with Crippen LogP contribution in [-0.2, 0) is 0 Å². The van der Waals surface area contributed by atoms with Gasteiger partial charge >= 0.3 is 0 Å². The minimum atomic E-state index is -0.307. The lowest BCUT2D eigenvalue weighted by Crippen LogP contribution is -2.22. The number of rotatable bonds is 4. The van der Waals surface area contributed by atoms with Crippen molar-refractivity contribution in [2.24, 2.45) is 0 Å². The van der Waals surface area contributed by atoms with Crippen molar-refractivity contribution in [1.82, 2.24) is 10.3 Å². The van der Waals surface area contributed by atoms with Crippen LogP contribution in [0, 0.1) is 11.3 Å². The molecule has 1 aromatic rings. The van der Waals surface area contributed by atoms with Gasteiger partial charge in [-0.1, -0.05) is 18.2 Å². The SMILES string of the molecule is C\C=C/C=C(\C=C/C)NC(=O)c1ccc(C#N)cn1. The lowest BCUT2D eigenvalue weighted by atomic mass is 10.2. The highest BCUT2D eigenvalue weighted by molar-refractivity contribution is 5.93. The Bertz CT molecular complexity index is 560. The first kappa shape index (κ1) is 14.4. The number of carbonyl (C=O) groups excluding carboxylic acids is 1. The standard InChI is InChI=1S/C15H15N3O/c1-3-5-7-13(6-4-2)18-15(19)14-9-8-12(10-16)11-17-14/h3-9,11H,1-2H3,(H,18,19)/b5-3-,6-4-,13-7+. The predicted molar refractivity (Wildman–Crippen MR) is 74.1 cm³/mol. The highest BCUT2D eigenvalue weighted by Crippen LogP contribution is 2.01. The third-order valence-corrected chi connectivity index (χ3v) is 2.20. The molecule has 0 saturated carbocycles. The molecule has 19 heavy (non-hydrogen) atoms. The molecule has 1 heterocycles. The molecule has 0 saturated heterocycles. The molecule has 0 aliphatic carbocycles. The van der Waals surface area contributed by atoms with E-state index < -0.39 is 0 Å². The average Bonchev–Trinajstić information content (AvgIpc) is 2.45.